The fourth-order valence-electron chi connectivity index (χ4n) is 6.29. The molecule has 0 fully saturated rings. The van der Waals surface area contributed by atoms with E-state index in [9.17, 15) is 0 Å². The summed E-state index contributed by atoms with van der Waals surface area (Å²) in [7, 11) is 0. The van der Waals surface area contributed by atoms with Crippen LogP contribution in [0, 0.1) is 0 Å². The topological polar surface area (TPSA) is 15.7 Å². The van der Waals surface area contributed by atoms with Crippen LogP contribution in [-0.4, -0.2) is 0 Å². The van der Waals surface area contributed by atoms with Gasteiger partial charge in [0.25, 0.3) is 0 Å². The van der Waals surface area contributed by atoms with Gasteiger partial charge in [-0.2, -0.15) is 0 Å². The minimum absolute atomic E-state index is 0.486. The van der Waals surface area contributed by atoms with Crippen LogP contribution in [0.25, 0.3) is 22.3 Å². The molecule has 244 valence electrons. The van der Waals surface area contributed by atoms with Crippen molar-refractivity contribution in [3.05, 3.63) is 218 Å². The maximum Gasteiger partial charge on any atom is 0.129 e. The Kier molecular flexibility index (Phi) is 8.41. The highest BCUT2D eigenvalue weighted by Gasteiger charge is 2.16. The van der Waals surface area contributed by atoms with Crippen LogP contribution in [-0.2, 0) is 0 Å². The van der Waals surface area contributed by atoms with Crippen molar-refractivity contribution in [1.82, 2.24) is 0 Å². The SMILES string of the molecule is [3H]c1cccc(-c2ccc(N(c3ccc(-c4cccc([3H])c4)cc3)c3cccc(Oc4ccc(N(c5ccccc5)c5ccccc5)cc4)c3)cc2)c1. The van der Waals surface area contributed by atoms with E-state index in [1.165, 1.54) is 0 Å². The molecule has 0 aliphatic carbocycles. The van der Waals surface area contributed by atoms with Gasteiger partial charge >= 0.3 is 0 Å². The van der Waals surface area contributed by atoms with Gasteiger partial charge in [0, 0.05) is 40.2 Å². The van der Waals surface area contributed by atoms with E-state index in [0.29, 0.717) is 12.1 Å². The lowest BCUT2D eigenvalue weighted by Crippen LogP contribution is -2.10. The Bertz CT molecular complexity index is 2310. The molecule has 0 heterocycles. The maximum absolute atomic E-state index is 8.08. The Morgan fingerprint density at radius 3 is 1.18 bits per heavy atom. The molecule has 0 unspecified atom stereocenters. The van der Waals surface area contributed by atoms with Crippen LogP contribution in [0.15, 0.2) is 218 Å². The molecule has 0 spiro atoms. The Morgan fingerprint density at radius 2 is 0.686 bits per heavy atom. The molecule has 0 atom stereocenters. The van der Waals surface area contributed by atoms with Crippen molar-refractivity contribution in [2.45, 2.75) is 0 Å². The van der Waals surface area contributed by atoms with Crippen molar-refractivity contribution in [3.63, 3.8) is 0 Å². The zero-order valence-corrected chi connectivity index (χ0v) is 27.9. The molecule has 8 rings (SSSR count). The summed E-state index contributed by atoms with van der Waals surface area (Å²) >= 11 is 0. The van der Waals surface area contributed by atoms with Gasteiger partial charge in [-0.15, -0.1) is 0 Å². The Labute approximate surface area is 302 Å². The van der Waals surface area contributed by atoms with Gasteiger partial charge in [-0.1, -0.05) is 127 Å². The van der Waals surface area contributed by atoms with Crippen LogP contribution >= 0.6 is 0 Å². The lowest BCUT2D eigenvalue weighted by Gasteiger charge is -2.26. The van der Waals surface area contributed by atoms with Gasteiger partial charge in [-0.05, 0) is 107 Å². The molecule has 3 heteroatoms. The molecule has 0 amide bonds. The van der Waals surface area contributed by atoms with E-state index in [1.54, 1.807) is 12.1 Å². The van der Waals surface area contributed by atoms with E-state index < -0.39 is 0 Å². The Morgan fingerprint density at radius 1 is 0.294 bits per heavy atom. The highest BCUT2D eigenvalue weighted by atomic mass is 16.5. The smallest absolute Gasteiger partial charge is 0.129 e. The van der Waals surface area contributed by atoms with E-state index in [1.807, 2.05) is 72.8 Å². The fraction of sp³-hybridized carbons (Fsp3) is 0. The summed E-state index contributed by atoms with van der Waals surface area (Å²) in [5.41, 5.74) is 10.2. The van der Waals surface area contributed by atoms with E-state index >= 15 is 0 Å². The first-order valence-electron chi connectivity index (χ1n) is 18.0. The summed E-state index contributed by atoms with van der Waals surface area (Å²) in [6, 6.07) is 70.1. The molecule has 0 aliphatic rings. The molecule has 0 saturated heterocycles. The summed E-state index contributed by atoms with van der Waals surface area (Å²) in [4.78, 5) is 4.44. The van der Waals surface area contributed by atoms with Crippen molar-refractivity contribution < 1.29 is 7.48 Å². The molecular formula is C48H36N2O. The highest BCUT2D eigenvalue weighted by molar-refractivity contribution is 5.81. The number of hydrogen-bond donors (Lipinski definition) is 0. The number of ether oxygens (including phenoxy) is 1. The second kappa shape index (κ2) is 14.7. The van der Waals surface area contributed by atoms with E-state index in [2.05, 4.69) is 131 Å². The monoisotopic (exact) mass is 660 g/mol. The highest BCUT2D eigenvalue weighted by Crippen LogP contribution is 2.40. The standard InChI is InChI=1S/C48H36N2O/c1-5-14-37(15-6-1)39-24-28-43(29-25-39)50(44-30-26-40(27-31-44)38-16-7-2-8-17-38)46-22-13-23-48(36-46)51-47-34-32-45(33-35-47)49(41-18-9-3-10-19-41)42-20-11-4-12-21-42/h1-36H/i5T,7T. The van der Waals surface area contributed by atoms with Crippen molar-refractivity contribution in [3.8, 4) is 33.8 Å². The first-order chi connectivity index (χ1) is 26.1. The van der Waals surface area contributed by atoms with Gasteiger partial charge in [-0.25, -0.2) is 0 Å². The van der Waals surface area contributed by atoms with E-state index in [0.717, 1.165) is 67.9 Å². The first kappa shape index (κ1) is 29.1. The van der Waals surface area contributed by atoms with E-state index in [-0.39, 0.29) is 0 Å². The number of para-hydroxylation sites is 2. The molecular weight excluding hydrogens is 621 g/mol. The lowest BCUT2D eigenvalue weighted by molar-refractivity contribution is 0.483. The number of nitrogens with zero attached hydrogens (tertiary/aromatic N) is 2. The van der Waals surface area contributed by atoms with Crippen LogP contribution in [0.3, 0.4) is 0 Å². The maximum atomic E-state index is 8.08. The molecule has 0 aliphatic heterocycles. The second-order valence-electron chi connectivity index (χ2n) is 12.1. The van der Waals surface area contributed by atoms with Crippen molar-refractivity contribution in [2.75, 3.05) is 9.80 Å². The molecule has 0 bridgehead atoms. The third-order valence-corrected chi connectivity index (χ3v) is 8.77. The summed E-state index contributed by atoms with van der Waals surface area (Å²) in [6.45, 7) is 0. The largest absolute Gasteiger partial charge is 0.457 e. The van der Waals surface area contributed by atoms with Crippen LogP contribution in [0.5, 0.6) is 11.5 Å². The van der Waals surface area contributed by atoms with Gasteiger partial charge in [0.05, 0.1) is 2.74 Å². The minimum Gasteiger partial charge on any atom is -0.457 e. The normalized spacial score (nSPS) is 11.3. The van der Waals surface area contributed by atoms with Crippen LogP contribution in [0.2, 0.25) is 0 Å². The molecule has 8 aromatic carbocycles. The molecule has 3 nitrogen and oxygen atoms in total. The first-order valence-corrected chi connectivity index (χ1v) is 17.0. The van der Waals surface area contributed by atoms with E-state index in [4.69, 9.17) is 7.48 Å². The second-order valence-corrected chi connectivity index (χ2v) is 12.1. The van der Waals surface area contributed by atoms with Gasteiger partial charge in [0.15, 0.2) is 0 Å². The molecule has 0 aromatic heterocycles. The van der Waals surface area contributed by atoms with Gasteiger partial charge < -0.3 is 14.5 Å². The molecule has 0 saturated carbocycles. The van der Waals surface area contributed by atoms with Crippen molar-refractivity contribution in [1.29, 1.82) is 0 Å². The zero-order chi connectivity index (χ0) is 36.0. The Balaban J connectivity index is 1.11. The number of rotatable bonds is 10. The summed E-state index contributed by atoms with van der Waals surface area (Å²) in [5.74, 6) is 1.46. The third kappa shape index (κ3) is 7.15. The van der Waals surface area contributed by atoms with Gasteiger partial charge in [0.2, 0.25) is 0 Å². The van der Waals surface area contributed by atoms with Crippen LogP contribution in [0.1, 0.15) is 2.74 Å². The number of hydrogen-bond acceptors (Lipinski definition) is 3. The van der Waals surface area contributed by atoms with Crippen LogP contribution < -0.4 is 14.5 Å². The molecule has 8 aromatic rings. The fourth-order valence-corrected chi connectivity index (χ4v) is 6.29. The quantitative estimate of drug-likeness (QED) is 0.145. The van der Waals surface area contributed by atoms with Crippen LogP contribution in [0.4, 0.5) is 34.1 Å². The molecule has 51 heavy (non-hydrogen) atoms. The van der Waals surface area contributed by atoms with Crippen molar-refractivity contribution >= 4 is 34.1 Å². The average molecular weight is 661 g/mol. The van der Waals surface area contributed by atoms with Crippen molar-refractivity contribution in [2.24, 2.45) is 0 Å². The summed E-state index contributed by atoms with van der Waals surface area (Å²) in [6.07, 6.45) is 0. The van der Waals surface area contributed by atoms with Gasteiger partial charge in [-0.3, -0.25) is 0 Å². The number of anilines is 6. The third-order valence-electron chi connectivity index (χ3n) is 8.77. The molecule has 0 N–H and O–H groups in total. The molecule has 0 radical (unpaired) electrons. The predicted molar refractivity (Wildman–Crippen MR) is 213 cm³/mol. The number of benzene rings is 8. The predicted octanol–water partition coefficient (Wildman–Crippen LogP) is 13.8. The lowest BCUT2D eigenvalue weighted by atomic mass is 10.0. The average Bonchev–Trinajstić information content (AvgIpc) is 3.20. The summed E-state index contributed by atoms with van der Waals surface area (Å²) in [5, 5.41) is 0. The Hall–Kier alpha value is -6.84. The van der Waals surface area contributed by atoms with Gasteiger partial charge in [0.1, 0.15) is 11.5 Å². The zero-order valence-electron chi connectivity index (χ0n) is 29.9. The summed E-state index contributed by atoms with van der Waals surface area (Å²) < 4.78 is 22.6. The minimum atomic E-state index is 0.486.